The zero-order valence-corrected chi connectivity index (χ0v) is 25.2. The lowest BCUT2D eigenvalue weighted by Crippen LogP contribution is -2.56. The molecule has 4 aliphatic rings. The van der Waals surface area contributed by atoms with E-state index in [0.717, 1.165) is 0 Å². The van der Waals surface area contributed by atoms with Gasteiger partial charge in [0.1, 0.15) is 29.4 Å². The monoisotopic (exact) mass is 615 g/mol. The van der Waals surface area contributed by atoms with Crippen LogP contribution in [0.2, 0.25) is 0 Å². The molecule has 0 radical (unpaired) electrons. The zero-order valence-electron chi connectivity index (χ0n) is 25.2. The Morgan fingerprint density at radius 3 is 2.49 bits per heavy atom. The number of amides is 3. The van der Waals surface area contributed by atoms with Crippen molar-refractivity contribution in [1.29, 1.82) is 0 Å². The third-order valence-corrected chi connectivity index (χ3v) is 9.08. The summed E-state index contributed by atoms with van der Waals surface area (Å²) in [5.41, 5.74) is -0.180. The maximum atomic E-state index is 14.6. The van der Waals surface area contributed by atoms with E-state index in [9.17, 15) is 24.3 Å². The number of nitrogens with zero attached hydrogens (tertiary/aromatic N) is 2. The molecule has 4 aliphatic heterocycles. The van der Waals surface area contributed by atoms with Crippen molar-refractivity contribution in [3.63, 3.8) is 0 Å². The summed E-state index contributed by atoms with van der Waals surface area (Å²) >= 11 is 0. The van der Waals surface area contributed by atoms with Crippen LogP contribution in [0.25, 0.3) is 0 Å². The lowest BCUT2D eigenvalue weighted by molar-refractivity contribution is -0.161. The van der Waals surface area contributed by atoms with Gasteiger partial charge in [-0.2, -0.15) is 0 Å². The Morgan fingerprint density at radius 2 is 1.78 bits per heavy atom. The number of allylic oxidation sites excluding steroid dienone is 1. The topological polar surface area (TPSA) is 135 Å². The number of carbonyl (C=O) groups is 4. The highest BCUT2D eigenvalue weighted by Gasteiger charge is 2.73. The molecule has 0 aliphatic carbocycles. The highest BCUT2D eigenvalue weighted by Crippen LogP contribution is 2.56. The van der Waals surface area contributed by atoms with E-state index >= 15 is 0 Å². The predicted molar refractivity (Wildman–Crippen MR) is 163 cm³/mol. The molecule has 2 aromatic carbocycles. The Balaban J connectivity index is 1.43. The molecular weight excluding hydrogens is 578 g/mol. The molecule has 11 heteroatoms. The number of hydrogen-bond donors (Lipinski definition) is 2. The van der Waals surface area contributed by atoms with Crippen molar-refractivity contribution in [1.82, 2.24) is 10.2 Å². The van der Waals surface area contributed by atoms with Crippen LogP contribution in [0.4, 0.5) is 5.69 Å². The normalized spacial score (nSPS) is 32.3. The fourth-order valence-electron chi connectivity index (χ4n) is 7.02. The van der Waals surface area contributed by atoms with Crippen LogP contribution >= 0.6 is 0 Å². The quantitative estimate of drug-likeness (QED) is 0.387. The number of carbonyl (C=O) groups excluding carboxylic acids is 4. The van der Waals surface area contributed by atoms with Crippen LogP contribution in [0.15, 0.2) is 78.9 Å². The minimum absolute atomic E-state index is 0.112. The maximum absolute atomic E-state index is 14.6. The first kappa shape index (κ1) is 30.5. The minimum atomic E-state index is -1.43. The average Bonchev–Trinajstić information content (AvgIpc) is 3.69. The number of β-amino-alcohol motifs (C(OH)–C–C–N with tert-alkyl or cyclic N) is 1. The fourth-order valence-corrected chi connectivity index (χ4v) is 7.02. The van der Waals surface area contributed by atoms with Crippen molar-refractivity contribution in [2.75, 3.05) is 31.7 Å². The first-order valence-corrected chi connectivity index (χ1v) is 15.2. The third-order valence-electron chi connectivity index (χ3n) is 9.08. The molecule has 0 unspecified atom stereocenters. The standard InChI is InChI=1S/C34H37N3O8/c1-21-29(22-9-5-3-6-10-22)44-33(42)27-25-16-17-34(45-25)28(27)31(40)37(19-20-38)30(34)32(41)36(18-8-4-7-11-26(39)35-21)23-12-14-24(43-2)15-13-23/h3-6,8-10,12-17,21,25,27-30,38H,7,11,18-20H2,1-2H3,(H,35,39)/b8-4-/t21-,25+,27-,28-,29+,30+,34-/m1/s1. The summed E-state index contributed by atoms with van der Waals surface area (Å²) in [6.45, 7) is 1.43. The number of anilines is 1. The molecule has 1 spiro atoms. The summed E-state index contributed by atoms with van der Waals surface area (Å²) in [6, 6.07) is 14.4. The Hall–Kier alpha value is -4.48. The van der Waals surface area contributed by atoms with E-state index in [1.165, 1.54) is 9.80 Å². The number of cyclic esters (lactones) is 1. The summed E-state index contributed by atoms with van der Waals surface area (Å²) in [4.78, 5) is 58.6. The smallest absolute Gasteiger partial charge is 0.313 e. The van der Waals surface area contributed by atoms with Crippen LogP contribution in [0.1, 0.15) is 31.4 Å². The molecule has 5 bridgehead atoms. The van der Waals surface area contributed by atoms with Gasteiger partial charge in [0, 0.05) is 25.2 Å². The van der Waals surface area contributed by atoms with Crippen LogP contribution in [0, 0.1) is 11.8 Å². The predicted octanol–water partition coefficient (Wildman–Crippen LogP) is 2.31. The Morgan fingerprint density at radius 1 is 1.02 bits per heavy atom. The van der Waals surface area contributed by atoms with E-state index in [1.807, 2.05) is 42.5 Å². The largest absolute Gasteiger partial charge is 0.497 e. The number of esters is 1. The van der Waals surface area contributed by atoms with Crippen molar-refractivity contribution >= 4 is 29.4 Å². The van der Waals surface area contributed by atoms with Gasteiger partial charge in [0.15, 0.2) is 0 Å². The molecule has 2 N–H and O–H groups in total. The molecule has 2 aromatic rings. The second-order valence-electron chi connectivity index (χ2n) is 11.7. The third kappa shape index (κ3) is 5.40. The van der Waals surface area contributed by atoms with Crippen LogP contribution in [-0.2, 0) is 28.7 Å². The Bertz CT molecular complexity index is 1510. The summed E-state index contributed by atoms with van der Waals surface area (Å²) < 4.78 is 17.9. The first-order chi connectivity index (χ1) is 21.8. The number of likely N-dealkylation sites (tertiary alicyclic amines) is 1. The van der Waals surface area contributed by atoms with Gasteiger partial charge in [-0.05, 0) is 43.2 Å². The van der Waals surface area contributed by atoms with Crippen LogP contribution in [-0.4, -0.2) is 84.3 Å². The fraction of sp³-hybridized carbons (Fsp3) is 0.412. The number of aliphatic hydroxyl groups excluding tert-OH is 1. The van der Waals surface area contributed by atoms with Gasteiger partial charge in [0.2, 0.25) is 11.8 Å². The number of methoxy groups -OCH3 is 1. The maximum Gasteiger partial charge on any atom is 0.313 e. The number of nitrogens with one attached hydrogen (secondary N) is 1. The highest BCUT2D eigenvalue weighted by atomic mass is 16.6. The molecule has 45 heavy (non-hydrogen) atoms. The molecule has 4 heterocycles. The van der Waals surface area contributed by atoms with Crippen LogP contribution in [0.3, 0.4) is 0 Å². The number of fused-ring (bicyclic) bond motifs is 2. The van der Waals surface area contributed by atoms with Gasteiger partial charge < -0.3 is 34.4 Å². The average molecular weight is 616 g/mol. The summed E-state index contributed by atoms with van der Waals surface area (Å²) in [5, 5.41) is 12.9. The van der Waals surface area contributed by atoms with E-state index < -0.39 is 59.5 Å². The van der Waals surface area contributed by atoms with E-state index in [4.69, 9.17) is 14.2 Å². The van der Waals surface area contributed by atoms with E-state index in [-0.39, 0.29) is 32.0 Å². The minimum Gasteiger partial charge on any atom is -0.497 e. The van der Waals surface area contributed by atoms with Crippen molar-refractivity contribution in [2.45, 2.75) is 49.7 Å². The van der Waals surface area contributed by atoms with Gasteiger partial charge in [-0.15, -0.1) is 0 Å². The van der Waals surface area contributed by atoms with Crippen LogP contribution < -0.4 is 15.0 Å². The highest BCUT2D eigenvalue weighted by molar-refractivity contribution is 6.05. The van der Waals surface area contributed by atoms with E-state index in [1.54, 1.807) is 50.5 Å². The van der Waals surface area contributed by atoms with E-state index in [2.05, 4.69) is 5.32 Å². The van der Waals surface area contributed by atoms with Crippen LogP contribution in [0.5, 0.6) is 5.75 Å². The Kier molecular flexibility index (Phi) is 8.48. The number of ether oxygens (including phenoxy) is 3. The van der Waals surface area contributed by atoms with Crippen molar-refractivity contribution in [3.8, 4) is 5.75 Å². The van der Waals surface area contributed by atoms with Gasteiger partial charge in [0.25, 0.3) is 5.91 Å². The van der Waals surface area contributed by atoms with Crippen molar-refractivity contribution in [3.05, 3.63) is 84.5 Å². The van der Waals surface area contributed by atoms with E-state index in [0.29, 0.717) is 23.4 Å². The second-order valence-corrected chi connectivity index (χ2v) is 11.7. The molecule has 3 amide bonds. The Labute approximate surface area is 261 Å². The molecule has 7 atom stereocenters. The van der Waals surface area contributed by atoms with Gasteiger partial charge >= 0.3 is 5.97 Å². The second kappa shape index (κ2) is 12.5. The van der Waals surface area contributed by atoms with Gasteiger partial charge in [0.05, 0.1) is 31.8 Å². The molecule has 236 valence electrons. The number of benzene rings is 2. The zero-order chi connectivity index (χ0) is 31.7. The molecule has 11 nitrogen and oxygen atoms in total. The number of rotatable bonds is 5. The number of hydrogen-bond acceptors (Lipinski definition) is 8. The van der Waals surface area contributed by atoms with Crippen molar-refractivity contribution < 1.29 is 38.5 Å². The lowest BCUT2D eigenvalue weighted by atomic mass is 9.74. The lowest BCUT2D eigenvalue weighted by Gasteiger charge is -2.35. The summed E-state index contributed by atoms with van der Waals surface area (Å²) in [5.74, 6) is -3.21. The molecular formula is C34H37N3O8. The first-order valence-electron chi connectivity index (χ1n) is 15.2. The molecule has 0 saturated carbocycles. The van der Waals surface area contributed by atoms with Crippen molar-refractivity contribution in [2.24, 2.45) is 11.8 Å². The summed E-state index contributed by atoms with van der Waals surface area (Å²) in [7, 11) is 1.55. The van der Waals surface area contributed by atoms with Gasteiger partial charge in [-0.3, -0.25) is 19.2 Å². The molecule has 0 aromatic heterocycles. The number of aliphatic hydroxyl groups is 1. The molecule has 2 saturated heterocycles. The summed E-state index contributed by atoms with van der Waals surface area (Å²) in [6.07, 6.45) is 6.07. The van der Waals surface area contributed by atoms with Gasteiger partial charge in [-0.1, -0.05) is 54.6 Å². The molecule has 2 fully saturated rings. The van der Waals surface area contributed by atoms with Gasteiger partial charge in [-0.25, -0.2) is 0 Å². The SMILES string of the molecule is COc1ccc(N2C/C=C\CCC(=O)N[C@H](C)[C@@H](c3ccccc3)OC(=O)[C@@H]3[C@@H]4C=C[C@]5(O4)[C@H](C2=O)N(CCO)C(=O)[C@@H]35)cc1. The molecule has 6 rings (SSSR count).